The number of carbonyl (C=O) groups is 1. The topological polar surface area (TPSA) is 68.0 Å². The molecule has 0 aliphatic carbocycles. The van der Waals surface area contributed by atoms with Crippen LogP contribution in [0.25, 0.3) is 0 Å². The van der Waals surface area contributed by atoms with Gasteiger partial charge in [-0.2, -0.15) is 0 Å². The summed E-state index contributed by atoms with van der Waals surface area (Å²) in [5, 5.41) is 3.49. The molecule has 4 nitrogen and oxygen atoms in total. The minimum atomic E-state index is -0.323. The Morgan fingerprint density at radius 3 is 2.48 bits per heavy atom. The second-order valence-electron chi connectivity index (χ2n) is 5.44. The van der Waals surface area contributed by atoms with Gasteiger partial charge in [0.05, 0.1) is 5.92 Å². The molecule has 0 fully saturated rings. The molecule has 2 rings (SSSR count). The van der Waals surface area contributed by atoms with Gasteiger partial charge in [0.25, 0.3) is 0 Å². The highest BCUT2D eigenvalue weighted by Gasteiger charge is 2.23. The van der Waals surface area contributed by atoms with Crippen LogP contribution in [-0.4, -0.2) is 10.9 Å². The highest BCUT2D eigenvalue weighted by molar-refractivity contribution is 7.15. The van der Waals surface area contributed by atoms with E-state index in [1.54, 1.807) is 0 Å². The van der Waals surface area contributed by atoms with Crippen LogP contribution >= 0.6 is 11.3 Å². The van der Waals surface area contributed by atoms with E-state index < -0.39 is 0 Å². The summed E-state index contributed by atoms with van der Waals surface area (Å²) in [7, 11) is 0. The minimum absolute atomic E-state index is 0.101. The van der Waals surface area contributed by atoms with Crippen molar-refractivity contribution in [2.75, 3.05) is 5.32 Å². The minimum Gasteiger partial charge on any atom is -0.323 e. The summed E-state index contributed by atoms with van der Waals surface area (Å²) in [6, 6.07) is 9.34. The monoisotopic (exact) mass is 303 g/mol. The molecule has 0 bridgehead atoms. The van der Waals surface area contributed by atoms with Gasteiger partial charge < -0.3 is 11.1 Å². The molecule has 0 radical (unpaired) electrons. The Labute approximate surface area is 129 Å². The molecular weight excluding hydrogens is 282 g/mol. The van der Waals surface area contributed by atoms with Gasteiger partial charge in [-0.1, -0.05) is 51.1 Å². The van der Waals surface area contributed by atoms with Crippen LogP contribution in [0.4, 0.5) is 5.13 Å². The smallest absolute Gasteiger partial charge is 0.230 e. The third kappa shape index (κ3) is 3.89. The van der Waals surface area contributed by atoms with Gasteiger partial charge in [0.2, 0.25) is 5.91 Å². The van der Waals surface area contributed by atoms with Crippen molar-refractivity contribution in [2.45, 2.75) is 32.7 Å². The number of aromatic nitrogens is 1. The van der Waals surface area contributed by atoms with Gasteiger partial charge in [-0.15, -0.1) is 11.3 Å². The second kappa shape index (κ2) is 6.83. The summed E-state index contributed by atoms with van der Waals surface area (Å²) in [5.74, 6) is -0.00744. The molecule has 0 aliphatic rings. The molecule has 0 aliphatic heterocycles. The molecule has 0 saturated heterocycles. The van der Waals surface area contributed by atoms with Crippen LogP contribution in [0.5, 0.6) is 0 Å². The molecule has 1 aromatic heterocycles. The van der Waals surface area contributed by atoms with E-state index in [-0.39, 0.29) is 17.9 Å². The van der Waals surface area contributed by atoms with Crippen LogP contribution in [-0.2, 0) is 4.79 Å². The van der Waals surface area contributed by atoms with Gasteiger partial charge in [-0.3, -0.25) is 4.79 Å². The molecule has 1 amide bonds. The lowest BCUT2D eigenvalue weighted by Crippen LogP contribution is -2.30. The number of hydrogen-bond acceptors (Lipinski definition) is 4. The lowest BCUT2D eigenvalue weighted by molar-refractivity contribution is -0.120. The van der Waals surface area contributed by atoms with Crippen molar-refractivity contribution in [3.8, 4) is 0 Å². The zero-order chi connectivity index (χ0) is 15.4. The maximum atomic E-state index is 12.3. The van der Waals surface area contributed by atoms with E-state index in [0.717, 1.165) is 10.4 Å². The molecule has 1 heterocycles. The fourth-order valence-electron chi connectivity index (χ4n) is 1.96. The molecule has 5 heteroatoms. The third-order valence-corrected chi connectivity index (χ3v) is 4.67. The first-order valence-corrected chi connectivity index (χ1v) is 7.87. The Kier molecular flexibility index (Phi) is 5.09. The molecule has 1 aromatic carbocycles. The SMILES string of the molecule is CC(C)c1cnc(NC(=O)C(C)C(N)c2ccccc2)s1. The van der Waals surface area contributed by atoms with Crippen LogP contribution < -0.4 is 11.1 Å². The second-order valence-corrected chi connectivity index (χ2v) is 6.50. The Hall–Kier alpha value is -1.72. The van der Waals surface area contributed by atoms with Crippen LogP contribution in [0, 0.1) is 5.92 Å². The average molecular weight is 303 g/mol. The Bertz CT molecular complexity index is 595. The number of amides is 1. The van der Waals surface area contributed by atoms with Crippen LogP contribution in [0.3, 0.4) is 0 Å². The molecule has 2 unspecified atom stereocenters. The molecule has 3 N–H and O–H groups in total. The molecular formula is C16H21N3OS. The fourth-order valence-corrected chi connectivity index (χ4v) is 2.78. The van der Waals surface area contributed by atoms with Crippen molar-refractivity contribution in [3.05, 3.63) is 47.0 Å². The summed E-state index contributed by atoms with van der Waals surface area (Å²) >= 11 is 1.51. The summed E-state index contributed by atoms with van der Waals surface area (Å²) in [6.07, 6.45) is 1.81. The van der Waals surface area contributed by atoms with E-state index >= 15 is 0 Å². The van der Waals surface area contributed by atoms with Gasteiger partial charge >= 0.3 is 0 Å². The molecule has 0 spiro atoms. The standard InChI is InChI=1S/C16H21N3OS/c1-10(2)13-9-18-16(21-13)19-15(20)11(3)14(17)12-7-5-4-6-8-12/h4-11,14H,17H2,1-3H3,(H,18,19,20). The van der Waals surface area contributed by atoms with Crippen molar-refractivity contribution < 1.29 is 4.79 Å². The Balaban J connectivity index is 2.02. The number of carbonyl (C=O) groups excluding carboxylic acids is 1. The van der Waals surface area contributed by atoms with Gasteiger partial charge in [0.1, 0.15) is 0 Å². The summed E-state index contributed by atoms with van der Waals surface area (Å²) in [6.45, 7) is 6.05. The number of rotatable bonds is 5. The van der Waals surface area contributed by atoms with Crippen LogP contribution in [0.2, 0.25) is 0 Å². The maximum Gasteiger partial charge on any atom is 0.230 e. The summed E-state index contributed by atoms with van der Waals surface area (Å²) < 4.78 is 0. The van der Waals surface area contributed by atoms with Crippen molar-refractivity contribution in [3.63, 3.8) is 0 Å². The van der Waals surface area contributed by atoms with Crippen molar-refractivity contribution in [1.29, 1.82) is 0 Å². The quantitative estimate of drug-likeness (QED) is 0.887. The van der Waals surface area contributed by atoms with E-state index in [2.05, 4.69) is 24.1 Å². The fraction of sp³-hybridized carbons (Fsp3) is 0.375. The van der Waals surface area contributed by atoms with Crippen molar-refractivity contribution in [2.24, 2.45) is 11.7 Å². The number of nitrogens with one attached hydrogen (secondary N) is 1. The largest absolute Gasteiger partial charge is 0.323 e. The number of hydrogen-bond donors (Lipinski definition) is 2. The highest BCUT2D eigenvalue weighted by atomic mass is 32.1. The first-order chi connectivity index (χ1) is 9.99. The molecule has 2 aromatic rings. The highest BCUT2D eigenvalue weighted by Crippen LogP contribution is 2.26. The number of nitrogens with zero attached hydrogens (tertiary/aromatic N) is 1. The predicted octanol–water partition coefficient (Wildman–Crippen LogP) is 3.54. The van der Waals surface area contributed by atoms with Crippen LogP contribution in [0.1, 0.15) is 43.2 Å². The number of nitrogens with two attached hydrogens (primary N) is 1. The lowest BCUT2D eigenvalue weighted by atomic mass is 9.95. The third-order valence-electron chi connectivity index (χ3n) is 3.46. The van der Waals surface area contributed by atoms with Gasteiger partial charge in [0, 0.05) is 17.1 Å². The van der Waals surface area contributed by atoms with Crippen molar-refractivity contribution in [1.82, 2.24) is 4.98 Å². The van der Waals surface area contributed by atoms with E-state index in [4.69, 9.17) is 5.73 Å². The van der Waals surface area contributed by atoms with E-state index in [1.807, 2.05) is 43.5 Å². The van der Waals surface area contributed by atoms with Crippen LogP contribution in [0.15, 0.2) is 36.5 Å². The molecule has 0 saturated carbocycles. The first-order valence-electron chi connectivity index (χ1n) is 7.06. The van der Waals surface area contributed by atoms with Gasteiger partial charge in [-0.05, 0) is 11.5 Å². The van der Waals surface area contributed by atoms with E-state index in [0.29, 0.717) is 11.0 Å². The zero-order valence-corrected chi connectivity index (χ0v) is 13.4. The normalized spacial score (nSPS) is 14.0. The summed E-state index contributed by atoms with van der Waals surface area (Å²) in [4.78, 5) is 17.7. The number of anilines is 1. The molecule has 112 valence electrons. The number of thiazole rings is 1. The molecule has 21 heavy (non-hydrogen) atoms. The summed E-state index contributed by atoms with van der Waals surface area (Å²) in [5.41, 5.74) is 7.13. The zero-order valence-electron chi connectivity index (χ0n) is 12.5. The average Bonchev–Trinajstić information content (AvgIpc) is 2.95. The van der Waals surface area contributed by atoms with Crippen molar-refractivity contribution >= 4 is 22.4 Å². The Morgan fingerprint density at radius 1 is 1.24 bits per heavy atom. The Morgan fingerprint density at radius 2 is 1.90 bits per heavy atom. The first kappa shape index (κ1) is 15.7. The van der Waals surface area contributed by atoms with E-state index in [9.17, 15) is 4.79 Å². The van der Waals surface area contributed by atoms with Gasteiger partial charge in [0.15, 0.2) is 5.13 Å². The molecule has 2 atom stereocenters. The van der Waals surface area contributed by atoms with Gasteiger partial charge in [-0.25, -0.2) is 4.98 Å². The predicted molar refractivity (Wildman–Crippen MR) is 87.4 cm³/mol. The number of benzene rings is 1. The maximum absolute atomic E-state index is 12.3. The lowest BCUT2D eigenvalue weighted by Gasteiger charge is -2.19. The van der Waals surface area contributed by atoms with E-state index in [1.165, 1.54) is 11.3 Å².